The fourth-order valence-corrected chi connectivity index (χ4v) is 4.17. The Morgan fingerprint density at radius 1 is 1.00 bits per heavy atom. The number of hydrogen-bond acceptors (Lipinski definition) is 1. The molecule has 4 atom stereocenters. The molecule has 2 fully saturated rings. The lowest BCUT2D eigenvalue weighted by Gasteiger charge is -2.48. The molecule has 2 aliphatic rings. The van der Waals surface area contributed by atoms with Crippen molar-refractivity contribution in [2.24, 2.45) is 28.9 Å². The molecule has 0 aromatic carbocycles. The summed E-state index contributed by atoms with van der Waals surface area (Å²) in [6.07, 6.45) is 8.03. The minimum absolute atomic E-state index is 0.126. The van der Waals surface area contributed by atoms with Crippen molar-refractivity contribution in [2.45, 2.75) is 71.8 Å². The minimum atomic E-state index is 0.126. The molecular formula is C15H29N. The van der Waals surface area contributed by atoms with Gasteiger partial charge in [0, 0.05) is 5.54 Å². The van der Waals surface area contributed by atoms with Crippen LogP contribution < -0.4 is 5.73 Å². The largest absolute Gasteiger partial charge is 0.324 e. The van der Waals surface area contributed by atoms with E-state index in [1.54, 1.807) is 0 Å². The molecule has 2 N–H and O–H groups in total. The highest BCUT2D eigenvalue weighted by atomic mass is 14.8. The molecule has 2 aliphatic carbocycles. The van der Waals surface area contributed by atoms with Gasteiger partial charge in [0.25, 0.3) is 0 Å². The summed E-state index contributed by atoms with van der Waals surface area (Å²) in [4.78, 5) is 0. The summed E-state index contributed by atoms with van der Waals surface area (Å²) in [6.45, 7) is 9.61. The fraction of sp³-hybridized carbons (Fsp3) is 1.00. The van der Waals surface area contributed by atoms with Gasteiger partial charge < -0.3 is 5.73 Å². The molecule has 16 heavy (non-hydrogen) atoms. The van der Waals surface area contributed by atoms with Gasteiger partial charge in [0.1, 0.15) is 0 Å². The highest BCUT2D eigenvalue weighted by Gasteiger charge is 2.51. The Hall–Kier alpha value is -0.0400. The van der Waals surface area contributed by atoms with Crippen LogP contribution in [-0.4, -0.2) is 5.54 Å². The van der Waals surface area contributed by atoms with E-state index >= 15 is 0 Å². The smallest absolute Gasteiger partial charge is 0.0234 e. The van der Waals surface area contributed by atoms with Gasteiger partial charge in [0.15, 0.2) is 0 Å². The summed E-state index contributed by atoms with van der Waals surface area (Å²) < 4.78 is 0. The van der Waals surface area contributed by atoms with Crippen molar-refractivity contribution in [1.29, 1.82) is 0 Å². The molecular weight excluding hydrogens is 194 g/mol. The van der Waals surface area contributed by atoms with Crippen molar-refractivity contribution in [3.8, 4) is 0 Å². The first-order chi connectivity index (χ1) is 7.37. The molecule has 4 unspecified atom stereocenters. The third kappa shape index (κ3) is 1.81. The second-order valence-corrected chi connectivity index (χ2v) is 7.24. The molecule has 0 aromatic rings. The summed E-state index contributed by atoms with van der Waals surface area (Å²) in [5.41, 5.74) is 7.30. The van der Waals surface area contributed by atoms with E-state index < -0.39 is 0 Å². The topological polar surface area (TPSA) is 26.0 Å². The van der Waals surface area contributed by atoms with E-state index in [0.29, 0.717) is 5.41 Å². The fourth-order valence-electron chi connectivity index (χ4n) is 4.17. The molecule has 1 heteroatoms. The van der Waals surface area contributed by atoms with Crippen LogP contribution in [0.15, 0.2) is 0 Å². The van der Waals surface area contributed by atoms with Gasteiger partial charge in [-0.2, -0.15) is 0 Å². The van der Waals surface area contributed by atoms with Crippen LogP contribution in [0.25, 0.3) is 0 Å². The summed E-state index contributed by atoms with van der Waals surface area (Å²) in [6, 6.07) is 0. The molecule has 0 bridgehead atoms. The highest BCUT2D eigenvalue weighted by molar-refractivity contribution is 5.07. The Labute approximate surface area is 101 Å². The molecule has 0 aromatic heterocycles. The van der Waals surface area contributed by atoms with E-state index in [1.165, 1.54) is 38.5 Å². The number of hydrogen-bond donors (Lipinski definition) is 1. The molecule has 0 amide bonds. The van der Waals surface area contributed by atoms with E-state index in [2.05, 4.69) is 27.7 Å². The lowest BCUT2D eigenvalue weighted by atomic mass is 9.61. The van der Waals surface area contributed by atoms with E-state index in [-0.39, 0.29) is 5.54 Å². The summed E-state index contributed by atoms with van der Waals surface area (Å²) >= 11 is 0. The van der Waals surface area contributed by atoms with Crippen LogP contribution in [-0.2, 0) is 0 Å². The molecule has 0 spiro atoms. The predicted octanol–water partition coefficient (Wildman–Crippen LogP) is 3.97. The number of rotatable bonds is 1. The first-order valence-corrected chi connectivity index (χ1v) is 7.16. The lowest BCUT2D eigenvalue weighted by Crippen LogP contribution is -2.56. The van der Waals surface area contributed by atoms with Gasteiger partial charge in [-0.25, -0.2) is 0 Å². The standard InChI is InChI=1S/C15H29N/c1-11-6-7-13(10-12(11)2)15(16)9-5-8-14(15,3)4/h11-13H,5-10,16H2,1-4H3. The lowest BCUT2D eigenvalue weighted by molar-refractivity contribution is 0.0668. The van der Waals surface area contributed by atoms with Crippen LogP contribution in [0.3, 0.4) is 0 Å². The van der Waals surface area contributed by atoms with Crippen molar-refractivity contribution >= 4 is 0 Å². The van der Waals surface area contributed by atoms with Gasteiger partial charge >= 0.3 is 0 Å². The van der Waals surface area contributed by atoms with E-state index in [0.717, 1.165) is 17.8 Å². The average molecular weight is 223 g/mol. The van der Waals surface area contributed by atoms with Crippen molar-refractivity contribution in [2.75, 3.05) is 0 Å². The molecule has 0 aliphatic heterocycles. The summed E-state index contributed by atoms with van der Waals surface area (Å²) in [5, 5.41) is 0. The summed E-state index contributed by atoms with van der Waals surface area (Å²) in [5.74, 6) is 2.55. The Kier molecular flexibility index (Phi) is 3.11. The molecule has 2 saturated carbocycles. The second kappa shape index (κ2) is 4.01. The Morgan fingerprint density at radius 3 is 2.19 bits per heavy atom. The van der Waals surface area contributed by atoms with Crippen LogP contribution in [0, 0.1) is 23.2 Å². The number of nitrogens with two attached hydrogens (primary N) is 1. The van der Waals surface area contributed by atoms with Crippen LogP contribution in [0.1, 0.15) is 66.2 Å². The third-order valence-corrected chi connectivity index (χ3v) is 5.98. The SMILES string of the molecule is CC1CCC(C2(N)CCCC2(C)C)CC1C. The van der Waals surface area contributed by atoms with Crippen LogP contribution in [0.4, 0.5) is 0 Å². The van der Waals surface area contributed by atoms with Crippen molar-refractivity contribution in [3.05, 3.63) is 0 Å². The molecule has 0 heterocycles. The van der Waals surface area contributed by atoms with E-state index in [1.807, 2.05) is 0 Å². The Morgan fingerprint density at radius 2 is 1.69 bits per heavy atom. The average Bonchev–Trinajstić information content (AvgIpc) is 2.47. The van der Waals surface area contributed by atoms with E-state index in [4.69, 9.17) is 5.73 Å². The molecule has 94 valence electrons. The highest BCUT2D eigenvalue weighted by Crippen LogP contribution is 2.52. The molecule has 0 radical (unpaired) electrons. The maximum Gasteiger partial charge on any atom is 0.0234 e. The maximum absolute atomic E-state index is 6.82. The van der Waals surface area contributed by atoms with Crippen molar-refractivity contribution in [3.63, 3.8) is 0 Å². The van der Waals surface area contributed by atoms with Gasteiger partial charge in [-0.3, -0.25) is 0 Å². The molecule has 0 saturated heterocycles. The van der Waals surface area contributed by atoms with Crippen LogP contribution >= 0.6 is 0 Å². The molecule has 1 nitrogen and oxygen atoms in total. The van der Waals surface area contributed by atoms with Gasteiger partial charge in [0.2, 0.25) is 0 Å². The minimum Gasteiger partial charge on any atom is -0.324 e. The summed E-state index contributed by atoms with van der Waals surface area (Å²) in [7, 11) is 0. The first-order valence-electron chi connectivity index (χ1n) is 7.16. The zero-order chi connectivity index (χ0) is 12.0. The van der Waals surface area contributed by atoms with Crippen LogP contribution in [0.2, 0.25) is 0 Å². The first kappa shape index (κ1) is 12.4. The van der Waals surface area contributed by atoms with Crippen LogP contribution in [0.5, 0.6) is 0 Å². The third-order valence-electron chi connectivity index (χ3n) is 5.98. The van der Waals surface area contributed by atoms with Crippen molar-refractivity contribution < 1.29 is 0 Å². The predicted molar refractivity (Wildman–Crippen MR) is 70.2 cm³/mol. The Balaban J connectivity index is 2.13. The van der Waals surface area contributed by atoms with E-state index in [9.17, 15) is 0 Å². The zero-order valence-corrected chi connectivity index (χ0v) is 11.6. The second-order valence-electron chi connectivity index (χ2n) is 7.24. The van der Waals surface area contributed by atoms with Crippen molar-refractivity contribution in [1.82, 2.24) is 0 Å². The Bertz CT molecular complexity index is 258. The normalized spacial score (nSPS) is 48.2. The van der Waals surface area contributed by atoms with Gasteiger partial charge in [-0.05, 0) is 48.9 Å². The van der Waals surface area contributed by atoms with Gasteiger partial charge in [0.05, 0.1) is 0 Å². The van der Waals surface area contributed by atoms with Gasteiger partial charge in [-0.15, -0.1) is 0 Å². The zero-order valence-electron chi connectivity index (χ0n) is 11.6. The quantitative estimate of drug-likeness (QED) is 0.715. The maximum atomic E-state index is 6.82. The monoisotopic (exact) mass is 223 g/mol. The molecule has 2 rings (SSSR count). The van der Waals surface area contributed by atoms with Gasteiger partial charge in [-0.1, -0.05) is 40.5 Å².